The number of aryl methyl sites for hydroxylation is 1. The SMILES string of the molecule is Cc1c(C(=O)N2CCCNC(=O)CCC(c3ccccc3)CCNC(=O)C2)[nH]c2c1C(=O)CCC2. The summed E-state index contributed by atoms with van der Waals surface area (Å²) in [6.07, 6.45) is 4.38. The number of H-pyrrole nitrogens is 1. The molecule has 3 amide bonds. The lowest BCUT2D eigenvalue weighted by Crippen LogP contribution is -2.43. The molecule has 2 aromatic rings. The standard InChI is InChI=1S/C27H34N4O4/c1-18-25-21(9-5-10-22(25)32)30-26(18)27(35)31-16-6-14-28-23(33)12-11-20(13-15-29-24(34)17-31)19-7-3-2-4-8-19/h2-4,7-8,20,30H,5-6,9-17H2,1H3,(H,28,33)(H,29,34). The Morgan fingerprint density at radius 3 is 2.46 bits per heavy atom. The third kappa shape index (κ3) is 5.99. The van der Waals surface area contributed by atoms with Gasteiger partial charge >= 0.3 is 0 Å². The maximum Gasteiger partial charge on any atom is 0.271 e. The lowest BCUT2D eigenvalue weighted by Gasteiger charge is -2.24. The van der Waals surface area contributed by atoms with Gasteiger partial charge in [-0.2, -0.15) is 0 Å². The number of ketones is 1. The molecule has 186 valence electrons. The predicted octanol–water partition coefficient (Wildman–Crippen LogP) is 2.87. The number of benzene rings is 1. The molecule has 8 heteroatoms. The van der Waals surface area contributed by atoms with Crippen LogP contribution in [-0.2, 0) is 16.0 Å². The molecule has 1 unspecified atom stereocenters. The van der Waals surface area contributed by atoms with Gasteiger partial charge in [-0.1, -0.05) is 30.3 Å². The fourth-order valence-electron chi connectivity index (χ4n) is 5.11. The third-order valence-corrected chi connectivity index (χ3v) is 7.01. The Labute approximate surface area is 205 Å². The Morgan fingerprint density at radius 2 is 1.69 bits per heavy atom. The number of hydrogen-bond acceptors (Lipinski definition) is 4. The number of rotatable bonds is 2. The number of nitrogens with one attached hydrogen (secondary N) is 3. The van der Waals surface area contributed by atoms with Crippen molar-refractivity contribution in [2.75, 3.05) is 26.2 Å². The molecule has 4 rings (SSSR count). The number of carbonyl (C=O) groups excluding carboxylic acids is 4. The van der Waals surface area contributed by atoms with Crippen molar-refractivity contribution in [1.29, 1.82) is 0 Å². The molecule has 0 bridgehead atoms. The molecule has 1 aliphatic heterocycles. The van der Waals surface area contributed by atoms with Crippen LogP contribution in [0.25, 0.3) is 0 Å². The van der Waals surface area contributed by atoms with E-state index in [1.807, 2.05) is 18.2 Å². The van der Waals surface area contributed by atoms with E-state index in [0.29, 0.717) is 68.6 Å². The molecule has 1 atom stereocenters. The maximum absolute atomic E-state index is 13.4. The van der Waals surface area contributed by atoms with Crippen molar-refractivity contribution in [3.63, 3.8) is 0 Å². The number of Topliss-reactive ketones (excluding diaryl/α,β-unsaturated/α-hetero) is 1. The molecule has 2 heterocycles. The highest BCUT2D eigenvalue weighted by atomic mass is 16.2. The van der Waals surface area contributed by atoms with Gasteiger partial charge in [0.2, 0.25) is 11.8 Å². The minimum Gasteiger partial charge on any atom is -0.356 e. The Morgan fingerprint density at radius 1 is 0.914 bits per heavy atom. The van der Waals surface area contributed by atoms with E-state index in [4.69, 9.17) is 0 Å². The van der Waals surface area contributed by atoms with Gasteiger partial charge in [0.25, 0.3) is 5.91 Å². The van der Waals surface area contributed by atoms with Crippen LogP contribution in [0.15, 0.2) is 30.3 Å². The van der Waals surface area contributed by atoms with Crippen LogP contribution in [0.3, 0.4) is 0 Å². The van der Waals surface area contributed by atoms with Crippen LogP contribution in [0.2, 0.25) is 0 Å². The average molecular weight is 479 g/mol. The van der Waals surface area contributed by atoms with E-state index in [2.05, 4.69) is 27.8 Å². The number of carbonyl (C=O) groups is 4. The van der Waals surface area contributed by atoms with Crippen LogP contribution in [-0.4, -0.2) is 59.6 Å². The van der Waals surface area contributed by atoms with E-state index in [0.717, 1.165) is 24.1 Å². The monoisotopic (exact) mass is 478 g/mol. The molecule has 1 aromatic heterocycles. The van der Waals surface area contributed by atoms with E-state index in [1.54, 1.807) is 6.92 Å². The zero-order chi connectivity index (χ0) is 24.8. The van der Waals surface area contributed by atoms with E-state index in [-0.39, 0.29) is 36.0 Å². The maximum atomic E-state index is 13.4. The number of nitrogens with zero attached hydrogens (tertiary/aromatic N) is 1. The normalized spacial score (nSPS) is 20.4. The molecular formula is C27H34N4O4. The largest absolute Gasteiger partial charge is 0.356 e. The van der Waals surface area contributed by atoms with Gasteiger partial charge in [0, 0.05) is 43.7 Å². The molecule has 1 aliphatic carbocycles. The molecule has 0 radical (unpaired) electrons. The third-order valence-electron chi connectivity index (χ3n) is 7.01. The molecule has 1 saturated heterocycles. The molecule has 1 fully saturated rings. The van der Waals surface area contributed by atoms with Crippen molar-refractivity contribution in [3.8, 4) is 0 Å². The number of aromatic nitrogens is 1. The van der Waals surface area contributed by atoms with Crippen molar-refractivity contribution >= 4 is 23.5 Å². The summed E-state index contributed by atoms with van der Waals surface area (Å²) in [5.74, 6) is -0.283. The van der Waals surface area contributed by atoms with Crippen LogP contribution in [0.1, 0.15) is 82.1 Å². The molecule has 8 nitrogen and oxygen atoms in total. The fourth-order valence-corrected chi connectivity index (χ4v) is 5.11. The summed E-state index contributed by atoms with van der Waals surface area (Å²) >= 11 is 0. The minimum absolute atomic E-state index is 0.00342. The van der Waals surface area contributed by atoms with Crippen LogP contribution in [0.4, 0.5) is 0 Å². The van der Waals surface area contributed by atoms with Crippen LogP contribution in [0, 0.1) is 6.92 Å². The molecule has 0 saturated carbocycles. The van der Waals surface area contributed by atoms with Gasteiger partial charge in [-0.3, -0.25) is 19.2 Å². The Kier molecular flexibility index (Phi) is 8.00. The van der Waals surface area contributed by atoms with Gasteiger partial charge in [-0.25, -0.2) is 0 Å². The number of hydrogen-bond donors (Lipinski definition) is 3. The smallest absolute Gasteiger partial charge is 0.271 e. The van der Waals surface area contributed by atoms with Gasteiger partial charge in [-0.15, -0.1) is 0 Å². The summed E-state index contributed by atoms with van der Waals surface area (Å²) < 4.78 is 0. The van der Waals surface area contributed by atoms with Crippen molar-refractivity contribution < 1.29 is 19.2 Å². The van der Waals surface area contributed by atoms with E-state index in [1.165, 1.54) is 4.90 Å². The quantitative estimate of drug-likeness (QED) is 0.616. The first-order valence-electron chi connectivity index (χ1n) is 12.6. The van der Waals surface area contributed by atoms with Gasteiger partial charge in [0.15, 0.2) is 5.78 Å². The highest BCUT2D eigenvalue weighted by Crippen LogP contribution is 2.27. The lowest BCUT2D eigenvalue weighted by atomic mass is 9.91. The van der Waals surface area contributed by atoms with Crippen molar-refractivity contribution in [2.45, 2.75) is 57.8 Å². The van der Waals surface area contributed by atoms with E-state index < -0.39 is 0 Å². The summed E-state index contributed by atoms with van der Waals surface area (Å²) in [4.78, 5) is 55.7. The zero-order valence-corrected chi connectivity index (χ0v) is 20.3. The van der Waals surface area contributed by atoms with Crippen molar-refractivity contribution in [2.24, 2.45) is 0 Å². The topological polar surface area (TPSA) is 111 Å². The molecule has 35 heavy (non-hydrogen) atoms. The summed E-state index contributed by atoms with van der Waals surface area (Å²) in [5.41, 5.74) is 3.64. The summed E-state index contributed by atoms with van der Waals surface area (Å²) in [7, 11) is 0. The molecule has 0 spiro atoms. The second-order valence-corrected chi connectivity index (χ2v) is 9.47. The molecule has 2 aliphatic rings. The fraction of sp³-hybridized carbons (Fsp3) is 0.481. The highest BCUT2D eigenvalue weighted by Gasteiger charge is 2.29. The first-order valence-corrected chi connectivity index (χ1v) is 12.6. The van der Waals surface area contributed by atoms with Crippen molar-refractivity contribution in [1.82, 2.24) is 20.5 Å². The van der Waals surface area contributed by atoms with Gasteiger partial charge in [0.1, 0.15) is 5.69 Å². The number of amides is 3. The van der Waals surface area contributed by atoms with Crippen LogP contribution in [0.5, 0.6) is 0 Å². The lowest BCUT2D eigenvalue weighted by molar-refractivity contribution is -0.123. The molecule has 3 N–H and O–H groups in total. The van der Waals surface area contributed by atoms with E-state index >= 15 is 0 Å². The summed E-state index contributed by atoms with van der Waals surface area (Å²) in [6, 6.07) is 10.0. The number of aromatic amines is 1. The summed E-state index contributed by atoms with van der Waals surface area (Å²) in [5, 5.41) is 5.90. The first kappa shape index (κ1) is 24.7. The molecule has 1 aromatic carbocycles. The van der Waals surface area contributed by atoms with E-state index in [9.17, 15) is 19.2 Å². The second kappa shape index (κ2) is 11.3. The average Bonchev–Trinajstić information content (AvgIpc) is 3.20. The number of fused-ring (bicyclic) bond motifs is 1. The predicted molar refractivity (Wildman–Crippen MR) is 132 cm³/mol. The van der Waals surface area contributed by atoms with Crippen LogP contribution >= 0.6 is 0 Å². The van der Waals surface area contributed by atoms with Gasteiger partial charge < -0.3 is 20.5 Å². The zero-order valence-electron chi connectivity index (χ0n) is 20.3. The second-order valence-electron chi connectivity index (χ2n) is 9.47. The Bertz CT molecular complexity index is 1090. The first-order chi connectivity index (χ1) is 16.9. The van der Waals surface area contributed by atoms with Gasteiger partial charge in [-0.05, 0) is 56.1 Å². The van der Waals surface area contributed by atoms with Crippen LogP contribution < -0.4 is 10.6 Å². The highest BCUT2D eigenvalue weighted by molar-refractivity contribution is 6.04. The Hall–Kier alpha value is -3.42. The summed E-state index contributed by atoms with van der Waals surface area (Å²) in [6.45, 7) is 2.95. The van der Waals surface area contributed by atoms with Gasteiger partial charge in [0.05, 0.1) is 6.54 Å². The molecular weight excluding hydrogens is 444 g/mol. The Balaban J connectivity index is 1.48. The van der Waals surface area contributed by atoms with Crippen molar-refractivity contribution in [3.05, 3.63) is 58.4 Å². The minimum atomic E-state index is -0.291.